The van der Waals surface area contributed by atoms with Crippen LogP contribution < -0.4 is 5.32 Å². The lowest BCUT2D eigenvalue weighted by Gasteiger charge is -2.08. The zero-order valence-electron chi connectivity index (χ0n) is 10.0. The Balaban J connectivity index is 1.82. The molecule has 0 radical (unpaired) electrons. The second-order valence-electron chi connectivity index (χ2n) is 4.30. The van der Waals surface area contributed by atoms with Gasteiger partial charge >= 0.3 is 0 Å². The molecule has 17 heavy (non-hydrogen) atoms. The third kappa shape index (κ3) is 3.17. The van der Waals surface area contributed by atoms with E-state index in [-0.39, 0.29) is 6.61 Å². The molecule has 0 saturated heterocycles. The Kier molecular flexibility index (Phi) is 3.93. The molecular formula is C12H18N4O. The van der Waals surface area contributed by atoms with Crippen molar-refractivity contribution in [2.45, 2.75) is 19.8 Å². The first-order valence-electron chi connectivity index (χ1n) is 5.94. The largest absolute Gasteiger partial charge is 0.396 e. The van der Waals surface area contributed by atoms with Crippen molar-refractivity contribution in [1.82, 2.24) is 14.6 Å². The van der Waals surface area contributed by atoms with Crippen molar-refractivity contribution >= 4 is 11.5 Å². The molecule has 0 fully saturated rings. The molecule has 92 valence electrons. The van der Waals surface area contributed by atoms with Crippen LogP contribution in [0.25, 0.3) is 5.65 Å². The molecule has 2 aromatic rings. The predicted octanol–water partition coefficient (Wildman–Crippen LogP) is 1.55. The number of anilines is 1. The summed E-state index contributed by atoms with van der Waals surface area (Å²) in [5.41, 5.74) is 0.846. The zero-order chi connectivity index (χ0) is 12.1. The predicted molar refractivity (Wildman–Crippen MR) is 67.0 cm³/mol. The number of rotatable bonds is 6. The molecule has 5 nitrogen and oxygen atoms in total. The highest BCUT2D eigenvalue weighted by atomic mass is 16.3. The number of hydrogen-bond donors (Lipinski definition) is 2. The fraction of sp³-hybridized carbons (Fsp3) is 0.500. The van der Waals surface area contributed by atoms with Gasteiger partial charge in [0.2, 0.25) is 0 Å². The standard InChI is InChI=1S/C12H18N4O/c1-10(9-17)3-2-6-13-11-5-8-16-12(15-11)4-7-14-16/h4-5,7-8,10,17H,2-3,6,9H2,1H3,(H,13,15). The lowest BCUT2D eigenvalue weighted by Crippen LogP contribution is -2.07. The van der Waals surface area contributed by atoms with E-state index < -0.39 is 0 Å². The Labute approximate surface area is 100 Å². The first-order chi connectivity index (χ1) is 8.29. The molecule has 5 heteroatoms. The van der Waals surface area contributed by atoms with Gasteiger partial charge in [-0.2, -0.15) is 5.10 Å². The van der Waals surface area contributed by atoms with Crippen molar-refractivity contribution in [2.75, 3.05) is 18.5 Å². The molecular weight excluding hydrogens is 216 g/mol. The monoisotopic (exact) mass is 234 g/mol. The van der Waals surface area contributed by atoms with Crippen LogP contribution in [0.2, 0.25) is 0 Å². The van der Waals surface area contributed by atoms with E-state index in [0.717, 1.165) is 30.9 Å². The fourth-order valence-electron chi connectivity index (χ4n) is 1.67. The second kappa shape index (κ2) is 5.63. The molecule has 0 bridgehead atoms. The molecule has 2 N–H and O–H groups in total. The van der Waals surface area contributed by atoms with Crippen LogP contribution in [0.3, 0.4) is 0 Å². The maximum atomic E-state index is 8.90. The van der Waals surface area contributed by atoms with Crippen LogP contribution in [0.5, 0.6) is 0 Å². The average Bonchev–Trinajstić information content (AvgIpc) is 2.81. The molecule has 0 aliphatic carbocycles. The number of hydrogen-bond acceptors (Lipinski definition) is 4. The quantitative estimate of drug-likeness (QED) is 0.744. The number of aliphatic hydroxyl groups is 1. The molecule has 0 spiro atoms. The summed E-state index contributed by atoms with van der Waals surface area (Å²) < 4.78 is 1.74. The van der Waals surface area contributed by atoms with E-state index in [9.17, 15) is 0 Å². The van der Waals surface area contributed by atoms with Gasteiger partial charge in [-0.25, -0.2) is 9.50 Å². The lowest BCUT2D eigenvalue weighted by molar-refractivity contribution is 0.229. The molecule has 0 aromatic carbocycles. The number of aliphatic hydroxyl groups excluding tert-OH is 1. The minimum Gasteiger partial charge on any atom is -0.396 e. The smallest absolute Gasteiger partial charge is 0.157 e. The summed E-state index contributed by atoms with van der Waals surface area (Å²) in [6.45, 7) is 3.19. The van der Waals surface area contributed by atoms with Gasteiger partial charge in [0.05, 0.1) is 6.20 Å². The summed E-state index contributed by atoms with van der Waals surface area (Å²) in [5.74, 6) is 1.25. The summed E-state index contributed by atoms with van der Waals surface area (Å²) in [5, 5.41) is 16.3. The maximum absolute atomic E-state index is 8.90. The first-order valence-corrected chi connectivity index (χ1v) is 5.94. The minimum absolute atomic E-state index is 0.264. The number of fused-ring (bicyclic) bond motifs is 1. The second-order valence-corrected chi connectivity index (χ2v) is 4.30. The third-order valence-corrected chi connectivity index (χ3v) is 2.75. The number of aromatic nitrogens is 3. The molecule has 0 saturated carbocycles. The lowest BCUT2D eigenvalue weighted by atomic mass is 10.1. The third-order valence-electron chi connectivity index (χ3n) is 2.75. The van der Waals surface area contributed by atoms with E-state index in [1.165, 1.54) is 0 Å². The zero-order valence-corrected chi connectivity index (χ0v) is 10.0. The van der Waals surface area contributed by atoms with Gasteiger partial charge in [-0.05, 0) is 24.8 Å². The van der Waals surface area contributed by atoms with Crippen molar-refractivity contribution in [3.8, 4) is 0 Å². The van der Waals surface area contributed by atoms with Gasteiger partial charge in [0.15, 0.2) is 5.65 Å². The highest BCUT2D eigenvalue weighted by Gasteiger charge is 2.00. The summed E-state index contributed by atoms with van der Waals surface area (Å²) in [6, 6.07) is 3.79. The van der Waals surface area contributed by atoms with Gasteiger partial charge in [-0.15, -0.1) is 0 Å². The van der Waals surface area contributed by atoms with Crippen LogP contribution in [0, 0.1) is 5.92 Å². The molecule has 1 atom stereocenters. The van der Waals surface area contributed by atoms with E-state index in [1.807, 2.05) is 18.3 Å². The summed E-state index contributed by atoms with van der Waals surface area (Å²) in [4.78, 5) is 4.41. The van der Waals surface area contributed by atoms with Gasteiger partial charge in [0, 0.05) is 25.4 Å². The van der Waals surface area contributed by atoms with Crippen LogP contribution >= 0.6 is 0 Å². The Morgan fingerprint density at radius 3 is 3.18 bits per heavy atom. The summed E-state index contributed by atoms with van der Waals surface area (Å²) >= 11 is 0. The van der Waals surface area contributed by atoms with Gasteiger partial charge in [-0.1, -0.05) is 6.92 Å². The topological polar surface area (TPSA) is 62.5 Å². The molecule has 1 unspecified atom stereocenters. The van der Waals surface area contributed by atoms with E-state index in [2.05, 4.69) is 22.3 Å². The van der Waals surface area contributed by atoms with Gasteiger partial charge in [-0.3, -0.25) is 0 Å². The van der Waals surface area contributed by atoms with Gasteiger partial charge in [0.25, 0.3) is 0 Å². The molecule has 0 amide bonds. The molecule has 2 aromatic heterocycles. The van der Waals surface area contributed by atoms with Gasteiger partial charge in [0.1, 0.15) is 5.82 Å². The average molecular weight is 234 g/mol. The molecule has 0 aliphatic rings. The maximum Gasteiger partial charge on any atom is 0.157 e. The summed E-state index contributed by atoms with van der Waals surface area (Å²) in [7, 11) is 0. The Morgan fingerprint density at radius 1 is 1.47 bits per heavy atom. The first kappa shape index (κ1) is 11.9. The van der Waals surface area contributed by atoms with Crippen molar-refractivity contribution in [3.05, 3.63) is 24.5 Å². The number of nitrogens with zero attached hydrogens (tertiary/aromatic N) is 3. The Hall–Kier alpha value is -1.62. The van der Waals surface area contributed by atoms with E-state index >= 15 is 0 Å². The highest BCUT2D eigenvalue weighted by Crippen LogP contribution is 2.08. The minimum atomic E-state index is 0.264. The van der Waals surface area contributed by atoms with Crippen molar-refractivity contribution in [1.29, 1.82) is 0 Å². The number of nitrogens with one attached hydrogen (secondary N) is 1. The molecule has 2 rings (SSSR count). The van der Waals surface area contributed by atoms with E-state index in [1.54, 1.807) is 10.7 Å². The molecule has 0 aliphatic heterocycles. The van der Waals surface area contributed by atoms with Crippen LogP contribution in [-0.2, 0) is 0 Å². The SMILES string of the molecule is CC(CO)CCCNc1ccn2nccc2n1. The van der Waals surface area contributed by atoms with Crippen LogP contribution in [0.1, 0.15) is 19.8 Å². The highest BCUT2D eigenvalue weighted by molar-refractivity contribution is 5.45. The Bertz CT molecular complexity index is 468. The van der Waals surface area contributed by atoms with Crippen LogP contribution in [0.4, 0.5) is 5.82 Å². The van der Waals surface area contributed by atoms with Crippen molar-refractivity contribution in [2.24, 2.45) is 5.92 Å². The fourth-order valence-corrected chi connectivity index (χ4v) is 1.67. The van der Waals surface area contributed by atoms with Crippen molar-refractivity contribution in [3.63, 3.8) is 0 Å². The van der Waals surface area contributed by atoms with Crippen molar-refractivity contribution < 1.29 is 5.11 Å². The summed E-state index contributed by atoms with van der Waals surface area (Å²) in [6.07, 6.45) is 5.68. The Morgan fingerprint density at radius 2 is 2.35 bits per heavy atom. The van der Waals surface area contributed by atoms with E-state index in [4.69, 9.17) is 5.11 Å². The van der Waals surface area contributed by atoms with Gasteiger partial charge < -0.3 is 10.4 Å². The normalized spacial score (nSPS) is 12.8. The van der Waals surface area contributed by atoms with E-state index in [0.29, 0.717) is 5.92 Å². The van der Waals surface area contributed by atoms with Crippen LogP contribution in [-0.4, -0.2) is 32.9 Å². The van der Waals surface area contributed by atoms with Crippen LogP contribution in [0.15, 0.2) is 24.5 Å². The molecule has 2 heterocycles.